The molecule has 0 spiro atoms. The van der Waals surface area contributed by atoms with E-state index in [1.807, 2.05) is 6.92 Å². The SMILES string of the molecule is CCc1cc(C(=O)NCCS(=O)(=O)N(C)C)cc(Cl)n1. The number of nitrogens with one attached hydrogen (secondary N) is 1. The molecule has 0 saturated heterocycles. The zero-order valence-electron chi connectivity index (χ0n) is 11.7. The van der Waals surface area contributed by atoms with Gasteiger partial charge in [0.2, 0.25) is 10.0 Å². The summed E-state index contributed by atoms with van der Waals surface area (Å²) >= 11 is 5.83. The normalized spacial score (nSPS) is 11.7. The minimum absolute atomic E-state index is 0.0424. The standard InChI is InChI=1S/C12H18ClN3O3S/c1-4-10-7-9(8-11(13)15-10)12(17)14-5-6-20(18,19)16(2)3/h7-8H,4-6H2,1-3H3,(H,14,17). The molecule has 112 valence electrons. The molecule has 0 aromatic carbocycles. The topological polar surface area (TPSA) is 79.4 Å². The summed E-state index contributed by atoms with van der Waals surface area (Å²) in [6, 6.07) is 3.10. The Morgan fingerprint density at radius 3 is 2.60 bits per heavy atom. The first kappa shape index (κ1) is 16.9. The molecule has 1 aromatic heterocycles. The van der Waals surface area contributed by atoms with Crippen molar-refractivity contribution in [1.29, 1.82) is 0 Å². The van der Waals surface area contributed by atoms with Gasteiger partial charge in [-0.3, -0.25) is 4.79 Å². The van der Waals surface area contributed by atoms with Crippen molar-refractivity contribution in [2.24, 2.45) is 0 Å². The number of hydrogen-bond acceptors (Lipinski definition) is 4. The predicted molar refractivity (Wildman–Crippen MR) is 78.4 cm³/mol. The highest BCUT2D eigenvalue weighted by Gasteiger charge is 2.14. The number of hydrogen-bond donors (Lipinski definition) is 1. The van der Waals surface area contributed by atoms with Gasteiger partial charge in [0.05, 0.1) is 5.75 Å². The van der Waals surface area contributed by atoms with Crippen LogP contribution in [0.5, 0.6) is 0 Å². The number of aromatic nitrogens is 1. The average Bonchev–Trinajstić information content (AvgIpc) is 2.37. The number of pyridine rings is 1. The highest BCUT2D eigenvalue weighted by Crippen LogP contribution is 2.11. The van der Waals surface area contributed by atoms with E-state index in [4.69, 9.17) is 11.6 Å². The number of carbonyl (C=O) groups excluding carboxylic acids is 1. The summed E-state index contributed by atoms with van der Waals surface area (Å²) in [5.74, 6) is -0.511. The lowest BCUT2D eigenvalue weighted by Crippen LogP contribution is -2.34. The zero-order chi connectivity index (χ0) is 15.3. The molecule has 0 radical (unpaired) electrons. The second-order valence-electron chi connectivity index (χ2n) is 4.38. The van der Waals surface area contributed by atoms with Gasteiger partial charge in [0.1, 0.15) is 5.15 Å². The smallest absolute Gasteiger partial charge is 0.251 e. The lowest BCUT2D eigenvalue weighted by Gasteiger charge is -2.11. The maximum Gasteiger partial charge on any atom is 0.251 e. The Morgan fingerprint density at radius 2 is 2.05 bits per heavy atom. The molecule has 0 unspecified atom stereocenters. The third-order valence-electron chi connectivity index (χ3n) is 2.67. The molecule has 6 nitrogen and oxygen atoms in total. The summed E-state index contributed by atoms with van der Waals surface area (Å²) < 4.78 is 24.2. The Hall–Kier alpha value is -1.18. The number of nitrogens with zero attached hydrogens (tertiary/aromatic N) is 2. The zero-order valence-corrected chi connectivity index (χ0v) is 13.3. The van der Waals surface area contributed by atoms with E-state index >= 15 is 0 Å². The number of carbonyl (C=O) groups is 1. The Balaban J connectivity index is 2.66. The summed E-state index contributed by atoms with van der Waals surface area (Å²) in [5.41, 5.74) is 1.09. The molecule has 0 aliphatic carbocycles. The lowest BCUT2D eigenvalue weighted by molar-refractivity contribution is 0.0956. The van der Waals surface area contributed by atoms with Crippen molar-refractivity contribution in [3.05, 3.63) is 28.5 Å². The van der Waals surface area contributed by atoms with Crippen LogP contribution in [-0.2, 0) is 16.4 Å². The Labute approximate surface area is 124 Å². The fourth-order valence-corrected chi connectivity index (χ4v) is 2.39. The van der Waals surface area contributed by atoms with Crippen molar-refractivity contribution in [2.75, 3.05) is 26.4 Å². The van der Waals surface area contributed by atoms with Crippen LogP contribution in [0.1, 0.15) is 23.0 Å². The van der Waals surface area contributed by atoms with Crippen LogP contribution in [0.4, 0.5) is 0 Å². The van der Waals surface area contributed by atoms with Gasteiger partial charge in [0.25, 0.3) is 5.91 Å². The van der Waals surface area contributed by atoms with Gasteiger partial charge in [-0.05, 0) is 18.6 Å². The third-order valence-corrected chi connectivity index (χ3v) is 4.70. The van der Waals surface area contributed by atoms with Crippen LogP contribution >= 0.6 is 11.6 Å². The number of sulfonamides is 1. The molecule has 0 saturated carbocycles. The van der Waals surface area contributed by atoms with Crippen LogP contribution in [0.25, 0.3) is 0 Å². The monoisotopic (exact) mass is 319 g/mol. The van der Waals surface area contributed by atoms with E-state index in [1.54, 1.807) is 6.07 Å². The number of amides is 1. The van der Waals surface area contributed by atoms with Crippen molar-refractivity contribution in [3.8, 4) is 0 Å². The largest absolute Gasteiger partial charge is 0.351 e. The fourth-order valence-electron chi connectivity index (χ4n) is 1.44. The average molecular weight is 320 g/mol. The summed E-state index contributed by atoms with van der Waals surface area (Å²) in [6.45, 7) is 1.95. The van der Waals surface area contributed by atoms with E-state index < -0.39 is 10.0 Å². The highest BCUT2D eigenvalue weighted by atomic mass is 35.5. The minimum atomic E-state index is -3.32. The Bertz CT molecular complexity index is 588. The number of aryl methyl sites for hydroxylation is 1. The molecule has 1 aromatic rings. The van der Waals surface area contributed by atoms with Crippen molar-refractivity contribution < 1.29 is 13.2 Å². The van der Waals surface area contributed by atoms with Gasteiger partial charge >= 0.3 is 0 Å². The molecule has 20 heavy (non-hydrogen) atoms. The molecule has 0 aliphatic heterocycles. The fraction of sp³-hybridized carbons (Fsp3) is 0.500. The maximum atomic E-state index is 11.9. The summed E-state index contributed by atoms with van der Waals surface area (Å²) in [7, 11) is -0.413. The van der Waals surface area contributed by atoms with E-state index in [0.29, 0.717) is 17.7 Å². The molecule has 1 heterocycles. The first-order valence-electron chi connectivity index (χ1n) is 6.11. The third kappa shape index (κ3) is 4.73. The lowest BCUT2D eigenvalue weighted by atomic mass is 10.2. The first-order valence-corrected chi connectivity index (χ1v) is 8.10. The van der Waals surface area contributed by atoms with Crippen LogP contribution in [0.3, 0.4) is 0 Å². The number of halogens is 1. The van der Waals surface area contributed by atoms with Gasteiger partial charge < -0.3 is 5.32 Å². The quantitative estimate of drug-likeness (QED) is 0.791. The van der Waals surface area contributed by atoms with E-state index in [9.17, 15) is 13.2 Å². The molecular weight excluding hydrogens is 302 g/mol. The van der Waals surface area contributed by atoms with Crippen molar-refractivity contribution in [2.45, 2.75) is 13.3 Å². The van der Waals surface area contributed by atoms with Gasteiger partial charge in [0, 0.05) is 31.9 Å². The van der Waals surface area contributed by atoms with Gasteiger partial charge in [-0.25, -0.2) is 17.7 Å². The Morgan fingerprint density at radius 1 is 1.40 bits per heavy atom. The molecule has 0 fully saturated rings. The maximum absolute atomic E-state index is 11.9. The van der Waals surface area contributed by atoms with Crippen LogP contribution in [0, 0.1) is 0 Å². The second-order valence-corrected chi connectivity index (χ2v) is 7.07. The van der Waals surface area contributed by atoms with Gasteiger partial charge in [0.15, 0.2) is 0 Å². The molecule has 1 amide bonds. The highest BCUT2D eigenvalue weighted by molar-refractivity contribution is 7.89. The van der Waals surface area contributed by atoms with Crippen molar-refractivity contribution >= 4 is 27.5 Å². The molecule has 0 bridgehead atoms. The van der Waals surface area contributed by atoms with Crippen LogP contribution in [0.15, 0.2) is 12.1 Å². The Kier molecular flexibility index (Phi) is 5.91. The van der Waals surface area contributed by atoms with E-state index in [0.717, 1.165) is 4.31 Å². The van der Waals surface area contributed by atoms with Crippen LogP contribution in [-0.4, -0.2) is 50.0 Å². The molecule has 0 atom stereocenters. The summed E-state index contributed by atoms with van der Waals surface area (Å²) in [4.78, 5) is 16.0. The number of rotatable bonds is 6. The molecule has 8 heteroatoms. The van der Waals surface area contributed by atoms with Gasteiger partial charge in [-0.2, -0.15) is 0 Å². The second kappa shape index (κ2) is 7.01. The van der Waals surface area contributed by atoms with Crippen LogP contribution < -0.4 is 5.32 Å². The van der Waals surface area contributed by atoms with Gasteiger partial charge in [-0.15, -0.1) is 0 Å². The van der Waals surface area contributed by atoms with E-state index in [2.05, 4.69) is 10.3 Å². The molecular formula is C12H18ClN3O3S. The van der Waals surface area contributed by atoms with Crippen molar-refractivity contribution in [1.82, 2.24) is 14.6 Å². The molecule has 0 aliphatic rings. The van der Waals surface area contributed by atoms with Crippen molar-refractivity contribution in [3.63, 3.8) is 0 Å². The molecule has 1 N–H and O–H groups in total. The van der Waals surface area contributed by atoms with E-state index in [1.165, 1.54) is 20.2 Å². The predicted octanol–water partition coefficient (Wildman–Crippen LogP) is 0.919. The van der Waals surface area contributed by atoms with Crippen LogP contribution in [0.2, 0.25) is 5.15 Å². The summed E-state index contributed by atoms with van der Waals surface area (Å²) in [6.07, 6.45) is 0.663. The first-order chi connectivity index (χ1) is 9.26. The molecule has 1 rings (SSSR count). The summed E-state index contributed by atoms with van der Waals surface area (Å²) in [5, 5.41) is 2.80. The van der Waals surface area contributed by atoms with E-state index in [-0.39, 0.29) is 23.4 Å². The van der Waals surface area contributed by atoms with Gasteiger partial charge in [-0.1, -0.05) is 18.5 Å². The minimum Gasteiger partial charge on any atom is -0.351 e.